The van der Waals surface area contributed by atoms with Crippen LogP contribution < -0.4 is 10.9 Å². The van der Waals surface area contributed by atoms with E-state index in [1.807, 2.05) is 4.90 Å². The van der Waals surface area contributed by atoms with E-state index in [0.29, 0.717) is 24.7 Å². The molecule has 0 saturated carbocycles. The van der Waals surface area contributed by atoms with Gasteiger partial charge < -0.3 is 15.2 Å². The third-order valence-corrected chi connectivity index (χ3v) is 3.02. The molecule has 0 spiro atoms. The van der Waals surface area contributed by atoms with Gasteiger partial charge in [-0.15, -0.1) is 0 Å². The number of aromatic nitrogens is 1. The molecule has 92 valence electrons. The van der Waals surface area contributed by atoms with Crippen molar-refractivity contribution in [3.63, 3.8) is 0 Å². The van der Waals surface area contributed by atoms with Crippen LogP contribution in [0.2, 0.25) is 0 Å². The molecule has 5 nitrogen and oxygen atoms in total. The van der Waals surface area contributed by atoms with E-state index in [0.717, 1.165) is 12.1 Å². The second kappa shape index (κ2) is 4.71. The van der Waals surface area contributed by atoms with Crippen molar-refractivity contribution in [2.24, 2.45) is 0 Å². The van der Waals surface area contributed by atoms with Crippen LogP contribution in [0, 0.1) is 6.92 Å². The lowest BCUT2D eigenvalue weighted by molar-refractivity contribution is 0.0708. The Balaban J connectivity index is 2.21. The van der Waals surface area contributed by atoms with Gasteiger partial charge in [-0.05, 0) is 19.4 Å². The van der Waals surface area contributed by atoms with E-state index in [1.165, 1.54) is 12.3 Å². The van der Waals surface area contributed by atoms with Crippen molar-refractivity contribution < 1.29 is 4.79 Å². The first-order valence-corrected chi connectivity index (χ1v) is 5.80. The largest absolute Gasteiger partial charge is 0.336 e. The average molecular weight is 235 g/mol. The molecule has 2 N–H and O–H groups in total. The summed E-state index contributed by atoms with van der Waals surface area (Å²) in [6.07, 6.45) is 1.51. The predicted molar refractivity (Wildman–Crippen MR) is 65.2 cm³/mol. The van der Waals surface area contributed by atoms with Crippen molar-refractivity contribution in [1.29, 1.82) is 0 Å². The molecule has 1 saturated heterocycles. The summed E-state index contributed by atoms with van der Waals surface area (Å²) in [5.74, 6) is -0.00731. The number of aryl methyl sites for hydroxylation is 1. The van der Waals surface area contributed by atoms with E-state index in [9.17, 15) is 9.59 Å². The summed E-state index contributed by atoms with van der Waals surface area (Å²) in [4.78, 5) is 27.7. The molecule has 1 amide bonds. The Bertz CT molecular complexity index is 481. The van der Waals surface area contributed by atoms with Crippen LogP contribution in [0.1, 0.15) is 22.8 Å². The molecule has 0 radical (unpaired) electrons. The Labute approximate surface area is 99.8 Å². The minimum atomic E-state index is -0.173. The number of carbonyl (C=O) groups excluding carboxylic acids is 1. The summed E-state index contributed by atoms with van der Waals surface area (Å²) < 4.78 is 0. The second-order valence-corrected chi connectivity index (χ2v) is 4.50. The number of H-pyrrole nitrogens is 1. The predicted octanol–water partition coefficient (Wildman–Crippen LogP) is 0.117. The highest BCUT2D eigenvalue weighted by molar-refractivity contribution is 5.95. The summed E-state index contributed by atoms with van der Waals surface area (Å²) in [5.41, 5.74) is 1.14. The highest BCUT2D eigenvalue weighted by atomic mass is 16.2. The lowest BCUT2D eigenvalue weighted by Gasteiger charge is -2.32. The molecule has 1 fully saturated rings. The number of pyridine rings is 1. The zero-order valence-electron chi connectivity index (χ0n) is 10.1. The smallest absolute Gasteiger partial charge is 0.255 e. The molecule has 0 unspecified atom stereocenters. The highest BCUT2D eigenvalue weighted by Crippen LogP contribution is 2.09. The first-order chi connectivity index (χ1) is 8.08. The van der Waals surface area contributed by atoms with Crippen LogP contribution in [0.4, 0.5) is 0 Å². The van der Waals surface area contributed by atoms with E-state index in [-0.39, 0.29) is 11.5 Å². The fourth-order valence-corrected chi connectivity index (χ4v) is 2.09. The van der Waals surface area contributed by atoms with E-state index < -0.39 is 0 Å². The minimum Gasteiger partial charge on any atom is -0.336 e. The molecule has 1 atom stereocenters. The van der Waals surface area contributed by atoms with Gasteiger partial charge in [0.05, 0.1) is 5.56 Å². The third-order valence-electron chi connectivity index (χ3n) is 3.02. The van der Waals surface area contributed by atoms with Gasteiger partial charge in [0.25, 0.3) is 5.91 Å². The Morgan fingerprint density at radius 1 is 1.53 bits per heavy atom. The molecule has 17 heavy (non-hydrogen) atoms. The van der Waals surface area contributed by atoms with Crippen LogP contribution in [0.25, 0.3) is 0 Å². The number of carbonyl (C=O) groups is 1. The van der Waals surface area contributed by atoms with Crippen LogP contribution in [-0.4, -0.2) is 41.5 Å². The summed E-state index contributed by atoms with van der Waals surface area (Å²) in [5, 5.41) is 3.29. The van der Waals surface area contributed by atoms with Crippen molar-refractivity contribution in [2.75, 3.05) is 19.6 Å². The summed E-state index contributed by atoms with van der Waals surface area (Å²) in [6, 6.07) is 1.77. The molecule has 1 aromatic rings. The minimum absolute atomic E-state index is 0.00731. The summed E-state index contributed by atoms with van der Waals surface area (Å²) >= 11 is 0. The van der Waals surface area contributed by atoms with Crippen LogP contribution in [0.3, 0.4) is 0 Å². The summed E-state index contributed by atoms with van der Waals surface area (Å²) in [7, 11) is 0. The van der Waals surface area contributed by atoms with E-state index in [4.69, 9.17) is 0 Å². The number of nitrogens with one attached hydrogen (secondary N) is 2. The number of amides is 1. The molecule has 1 aromatic heterocycles. The van der Waals surface area contributed by atoms with Crippen molar-refractivity contribution in [2.45, 2.75) is 19.9 Å². The van der Waals surface area contributed by atoms with Crippen molar-refractivity contribution in [3.05, 3.63) is 33.7 Å². The van der Waals surface area contributed by atoms with Gasteiger partial charge in [-0.3, -0.25) is 9.59 Å². The summed E-state index contributed by atoms with van der Waals surface area (Å²) in [6.45, 7) is 6.07. The van der Waals surface area contributed by atoms with Gasteiger partial charge >= 0.3 is 0 Å². The van der Waals surface area contributed by atoms with E-state index >= 15 is 0 Å². The molecular formula is C12H17N3O2. The number of piperazine rings is 1. The van der Waals surface area contributed by atoms with E-state index in [1.54, 1.807) is 6.92 Å². The quantitative estimate of drug-likeness (QED) is 0.726. The van der Waals surface area contributed by atoms with E-state index in [2.05, 4.69) is 17.2 Å². The molecular weight excluding hydrogens is 218 g/mol. The lowest BCUT2D eigenvalue weighted by atomic mass is 10.1. The van der Waals surface area contributed by atoms with Gasteiger partial charge in [0.15, 0.2) is 0 Å². The molecule has 0 aliphatic carbocycles. The zero-order valence-corrected chi connectivity index (χ0v) is 10.1. The fourth-order valence-electron chi connectivity index (χ4n) is 2.09. The van der Waals surface area contributed by atoms with Gasteiger partial charge in [-0.1, -0.05) is 0 Å². The standard InChI is InChI=1S/C12H17N3O2/c1-8-5-11(16)14-6-10(8)12(17)15-4-3-13-9(2)7-15/h5-6,9,13H,3-4,7H2,1-2H3,(H,14,16)/t9-/m0/s1. The van der Waals surface area contributed by atoms with Crippen LogP contribution in [0.15, 0.2) is 17.1 Å². The van der Waals surface area contributed by atoms with Crippen LogP contribution >= 0.6 is 0 Å². The first kappa shape index (κ1) is 11.9. The maximum Gasteiger partial charge on any atom is 0.255 e. The Hall–Kier alpha value is -1.62. The van der Waals surface area contributed by atoms with Crippen LogP contribution in [0.5, 0.6) is 0 Å². The fraction of sp³-hybridized carbons (Fsp3) is 0.500. The lowest BCUT2D eigenvalue weighted by Crippen LogP contribution is -2.51. The maximum atomic E-state index is 12.3. The van der Waals surface area contributed by atoms with Crippen molar-refractivity contribution in [1.82, 2.24) is 15.2 Å². The molecule has 5 heteroatoms. The maximum absolute atomic E-state index is 12.3. The Kier molecular flexibility index (Phi) is 3.28. The number of aromatic amines is 1. The molecule has 0 aromatic carbocycles. The highest BCUT2D eigenvalue weighted by Gasteiger charge is 2.22. The van der Waals surface area contributed by atoms with Gasteiger partial charge in [-0.2, -0.15) is 0 Å². The molecule has 0 bridgehead atoms. The van der Waals surface area contributed by atoms with Gasteiger partial charge in [-0.25, -0.2) is 0 Å². The Morgan fingerprint density at radius 2 is 2.29 bits per heavy atom. The Morgan fingerprint density at radius 3 is 2.94 bits per heavy atom. The molecule has 1 aliphatic rings. The van der Waals surface area contributed by atoms with Gasteiger partial charge in [0, 0.05) is 37.9 Å². The van der Waals surface area contributed by atoms with Gasteiger partial charge in [0.2, 0.25) is 5.56 Å². The second-order valence-electron chi connectivity index (χ2n) is 4.50. The number of nitrogens with zero attached hydrogens (tertiary/aromatic N) is 1. The first-order valence-electron chi connectivity index (χ1n) is 5.80. The number of hydrogen-bond acceptors (Lipinski definition) is 3. The monoisotopic (exact) mass is 235 g/mol. The van der Waals surface area contributed by atoms with Gasteiger partial charge in [0.1, 0.15) is 0 Å². The third kappa shape index (κ3) is 2.55. The van der Waals surface area contributed by atoms with Crippen molar-refractivity contribution in [3.8, 4) is 0 Å². The normalized spacial score (nSPS) is 20.4. The topological polar surface area (TPSA) is 65.2 Å². The van der Waals surface area contributed by atoms with Crippen LogP contribution in [-0.2, 0) is 0 Å². The average Bonchev–Trinajstić information content (AvgIpc) is 2.28. The zero-order chi connectivity index (χ0) is 12.4. The number of hydrogen-bond donors (Lipinski definition) is 2. The molecule has 2 heterocycles. The van der Waals surface area contributed by atoms with Crippen molar-refractivity contribution >= 4 is 5.91 Å². The number of rotatable bonds is 1. The SMILES string of the molecule is Cc1cc(=O)[nH]cc1C(=O)N1CCN[C@@H](C)C1. The molecule has 2 rings (SSSR count). The molecule has 1 aliphatic heterocycles.